The fourth-order valence-corrected chi connectivity index (χ4v) is 3.81. The Morgan fingerprint density at radius 1 is 1.20 bits per heavy atom. The number of rotatable bonds is 4. The normalized spacial score (nSPS) is 35.0. The first-order valence-electron chi connectivity index (χ1n) is 8.66. The van der Waals surface area contributed by atoms with Crippen molar-refractivity contribution in [3.05, 3.63) is 0 Å². The molecule has 1 saturated carbocycles. The highest BCUT2D eigenvalue weighted by Crippen LogP contribution is 2.33. The standard InChI is InChI=1S/C17H32N2O/c1-3-4-5-14-6-8-15(9-7-14)17(20)19-11-10-16(18)13(2)12-19/h13-16H,3-12,18H2,1-2H3. The van der Waals surface area contributed by atoms with Gasteiger partial charge in [-0.2, -0.15) is 0 Å². The van der Waals surface area contributed by atoms with Crippen molar-refractivity contribution in [1.29, 1.82) is 0 Å². The fraction of sp³-hybridized carbons (Fsp3) is 0.941. The molecule has 2 fully saturated rings. The monoisotopic (exact) mass is 280 g/mol. The van der Waals surface area contributed by atoms with Crippen molar-refractivity contribution in [2.24, 2.45) is 23.5 Å². The van der Waals surface area contributed by atoms with Gasteiger partial charge in [-0.3, -0.25) is 4.79 Å². The minimum absolute atomic E-state index is 0.281. The molecule has 1 heterocycles. The molecule has 0 bridgehead atoms. The zero-order valence-corrected chi connectivity index (χ0v) is 13.3. The second kappa shape index (κ2) is 7.44. The lowest BCUT2D eigenvalue weighted by molar-refractivity contribution is -0.138. The summed E-state index contributed by atoms with van der Waals surface area (Å²) >= 11 is 0. The average molecular weight is 280 g/mol. The second-order valence-corrected chi connectivity index (χ2v) is 7.07. The third-order valence-electron chi connectivity index (χ3n) is 5.45. The van der Waals surface area contributed by atoms with E-state index >= 15 is 0 Å². The summed E-state index contributed by atoms with van der Waals surface area (Å²) in [7, 11) is 0. The number of amides is 1. The number of likely N-dealkylation sites (tertiary alicyclic amines) is 1. The molecule has 0 aromatic rings. The first-order valence-corrected chi connectivity index (χ1v) is 8.66. The molecule has 2 unspecified atom stereocenters. The SMILES string of the molecule is CCCCC1CCC(C(=O)N2CCC(N)C(C)C2)CC1. The van der Waals surface area contributed by atoms with E-state index in [0.29, 0.717) is 17.7 Å². The number of unbranched alkanes of at least 4 members (excludes halogenated alkanes) is 1. The first kappa shape index (κ1) is 15.8. The number of piperidine rings is 1. The van der Waals surface area contributed by atoms with Crippen molar-refractivity contribution in [2.45, 2.75) is 71.3 Å². The average Bonchev–Trinajstić information content (AvgIpc) is 2.48. The van der Waals surface area contributed by atoms with Gasteiger partial charge in [-0.05, 0) is 43.9 Å². The third kappa shape index (κ3) is 3.97. The summed E-state index contributed by atoms with van der Waals surface area (Å²) < 4.78 is 0. The lowest BCUT2D eigenvalue weighted by Gasteiger charge is -2.38. The van der Waals surface area contributed by atoms with E-state index in [-0.39, 0.29) is 6.04 Å². The van der Waals surface area contributed by atoms with E-state index in [2.05, 4.69) is 18.7 Å². The van der Waals surface area contributed by atoms with E-state index in [4.69, 9.17) is 5.73 Å². The van der Waals surface area contributed by atoms with Crippen LogP contribution in [0.1, 0.15) is 65.2 Å². The summed E-state index contributed by atoms with van der Waals surface area (Å²) in [5.74, 6) is 2.05. The Bertz CT molecular complexity index is 310. The van der Waals surface area contributed by atoms with Crippen LogP contribution in [0.4, 0.5) is 0 Å². The molecular formula is C17H32N2O. The van der Waals surface area contributed by atoms with E-state index in [0.717, 1.165) is 38.3 Å². The van der Waals surface area contributed by atoms with Crippen LogP contribution in [-0.2, 0) is 4.79 Å². The lowest BCUT2D eigenvalue weighted by Crippen LogP contribution is -2.50. The number of hydrogen-bond donors (Lipinski definition) is 1. The van der Waals surface area contributed by atoms with Gasteiger partial charge in [0.2, 0.25) is 5.91 Å². The second-order valence-electron chi connectivity index (χ2n) is 7.07. The van der Waals surface area contributed by atoms with E-state index in [1.54, 1.807) is 0 Å². The number of nitrogens with zero attached hydrogens (tertiary/aromatic N) is 1. The van der Waals surface area contributed by atoms with Crippen molar-refractivity contribution >= 4 is 5.91 Å². The Hall–Kier alpha value is -0.570. The molecular weight excluding hydrogens is 248 g/mol. The number of carbonyl (C=O) groups excluding carboxylic acids is 1. The van der Waals surface area contributed by atoms with Crippen molar-refractivity contribution < 1.29 is 4.79 Å². The van der Waals surface area contributed by atoms with Crippen molar-refractivity contribution in [3.63, 3.8) is 0 Å². The van der Waals surface area contributed by atoms with Gasteiger partial charge in [0, 0.05) is 25.0 Å². The van der Waals surface area contributed by atoms with Crippen LogP contribution in [0.15, 0.2) is 0 Å². The largest absolute Gasteiger partial charge is 0.342 e. The highest BCUT2D eigenvalue weighted by Gasteiger charge is 2.32. The van der Waals surface area contributed by atoms with Crippen LogP contribution in [0.5, 0.6) is 0 Å². The molecule has 2 rings (SSSR count). The molecule has 116 valence electrons. The molecule has 2 N–H and O–H groups in total. The maximum Gasteiger partial charge on any atom is 0.225 e. The van der Waals surface area contributed by atoms with E-state index in [1.165, 1.54) is 32.1 Å². The molecule has 2 aliphatic rings. The van der Waals surface area contributed by atoms with Crippen LogP contribution >= 0.6 is 0 Å². The number of nitrogens with two attached hydrogens (primary N) is 1. The van der Waals surface area contributed by atoms with Crippen LogP contribution in [0, 0.1) is 17.8 Å². The number of carbonyl (C=O) groups is 1. The molecule has 0 radical (unpaired) electrons. The maximum atomic E-state index is 12.6. The highest BCUT2D eigenvalue weighted by atomic mass is 16.2. The van der Waals surface area contributed by atoms with Crippen molar-refractivity contribution in [1.82, 2.24) is 4.90 Å². The summed E-state index contributed by atoms with van der Waals surface area (Å²) in [6.07, 6.45) is 9.74. The van der Waals surface area contributed by atoms with Gasteiger partial charge in [0.1, 0.15) is 0 Å². The van der Waals surface area contributed by atoms with Gasteiger partial charge in [-0.25, -0.2) is 0 Å². The Balaban J connectivity index is 1.77. The quantitative estimate of drug-likeness (QED) is 0.859. The molecule has 0 aromatic heterocycles. The summed E-state index contributed by atoms with van der Waals surface area (Å²) in [5, 5.41) is 0. The van der Waals surface area contributed by atoms with Gasteiger partial charge < -0.3 is 10.6 Å². The van der Waals surface area contributed by atoms with Gasteiger partial charge >= 0.3 is 0 Å². The summed E-state index contributed by atoms with van der Waals surface area (Å²) in [5.41, 5.74) is 6.05. The van der Waals surface area contributed by atoms with Crippen molar-refractivity contribution in [2.75, 3.05) is 13.1 Å². The van der Waals surface area contributed by atoms with E-state index in [9.17, 15) is 4.79 Å². The Labute approximate surface area is 124 Å². The highest BCUT2D eigenvalue weighted by molar-refractivity contribution is 5.79. The molecule has 3 nitrogen and oxygen atoms in total. The van der Waals surface area contributed by atoms with Crippen LogP contribution < -0.4 is 5.73 Å². The van der Waals surface area contributed by atoms with E-state index < -0.39 is 0 Å². The maximum absolute atomic E-state index is 12.6. The molecule has 1 saturated heterocycles. The van der Waals surface area contributed by atoms with Gasteiger partial charge in [-0.1, -0.05) is 33.1 Å². The summed E-state index contributed by atoms with van der Waals surface area (Å²) in [6.45, 7) is 6.18. The molecule has 3 heteroatoms. The van der Waals surface area contributed by atoms with E-state index in [1.807, 2.05) is 0 Å². The topological polar surface area (TPSA) is 46.3 Å². The summed E-state index contributed by atoms with van der Waals surface area (Å²) in [6, 6.07) is 0.281. The molecule has 1 aliphatic heterocycles. The molecule has 20 heavy (non-hydrogen) atoms. The first-order chi connectivity index (χ1) is 9.61. The molecule has 1 aliphatic carbocycles. The Kier molecular flexibility index (Phi) is 5.88. The van der Waals surface area contributed by atoms with Crippen LogP contribution in [0.2, 0.25) is 0 Å². The molecule has 0 spiro atoms. The summed E-state index contributed by atoms with van der Waals surface area (Å²) in [4.78, 5) is 14.7. The molecule has 0 aromatic carbocycles. The van der Waals surface area contributed by atoms with Crippen molar-refractivity contribution in [3.8, 4) is 0 Å². The molecule has 2 atom stereocenters. The van der Waals surface area contributed by atoms with Gasteiger partial charge in [0.15, 0.2) is 0 Å². The minimum atomic E-state index is 0.281. The minimum Gasteiger partial charge on any atom is -0.342 e. The molecule has 1 amide bonds. The fourth-order valence-electron chi connectivity index (χ4n) is 3.81. The Morgan fingerprint density at radius 2 is 1.90 bits per heavy atom. The van der Waals surface area contributed by atoms with Crippen LogP contribution in [0.3, 0.4) is 0 Å². The smallest absolute Gasteiger partial charge is 0.225 e. The zero-order valence-electron chi connectivity index (χ0n) is 13.3. The zero-order chi connectivity index (χ0) is 14.5. The predicted molar refractivity (Wildman–Crippen MR) is 83.3 cm³/mol. The Morgan fingerprint density at radius 3 is 2.50 bits per heavy atom. The van der Waals surface area contributed by atoms with Gasteiger partial charge in [0.25, 0.3) is 0 Å². The number of hydrogen-bond acceptors (Lipinski definition) is 2. The lowest BCUT2D eigenvalue weighted by atomic mass is 9.79. The third-order valence-corrected chi connectivity index (χ3v) is 5.45. The van der Waals surface area contributed by atoms with Gasteiger partial charge in [-0.15, -0.1) is 0 Å². The predicted octanol–water partition coefficient (Wildman–Crippen LogP) is 3.18. The van der Waals surface area contributed by atoms with Gasteiger partial charge in [0.05, 0.1) is 0 Å². The van der Waals surface area contributed by atoms with Crippen LogP contribution in [0.25, 0.3) is 0 Å². The van der Waals surface area contributed by atoms with Crippen LogP contribution in [-0.4, -0.2) is 29.9 Å².